The Morgan fingerprint density at radius 2 is 2.04 bits per heavy atom. The first-order chi connectivity index (χ1) is 12.3. The zero-order chi connectivity index (χ0) is 18.8. The number of aromatic nitrogens is 4. The van der Waals surface area contributed by atoms with Crippen molar-refractivity contribution in [2.24, 2.45) is 0 Å². The van der Waals surface area contributed by atoms with Gasteiger partial charge in [-0.15, -0.1) is 0 Å². The molecule has 3 aromatic rings. The van der Waals surface area contributed by atoms with Crippen LogP contribution in [0.3, 0.4) is 0 Å². The number of halogens is 3. The zero-order valence-electron chi connectivity index (χ0n) is 14.1. The van der Waals surface area contributed by atoms with Crippen LogP contribution in [0, 0.1) is 12.7 Å². The molecule has 0 spiro atoms. The summed E-state index contributed by atoms with van der Waals surface area (Å²) in [5.74, 6) is -0.554. The highest BCUT2D eigenvalue weighted by atomic mass is 35.5. The third-order valence-corrected chi connectivity index (χ3v) is 4.49. The topological polar surface area (TPSA) is 64.7 Å². The Balaban J connectivity index is 1.75. The number of nitrogens with one attached hydrogen (secondary N) is 1. The number of hydrogen-bond donors (Lipinski definition) is 1. The summed E-state index contributed by atoms with van der Waals surface area (Å²) in [4.78, 5) is 12.4. The summed E-state index contributed by atoms with van der Waals surface area (Å²) in [6.45, 7) is 3.65. The Kier molecular flexibility index (Phi) is 5.29. The maximum atomic E-state index is 13.9. The molecule has 0 aliphatic heterocycles. The van der Waals surface area contributed by atoms with Gasteiger partial charge in [0.1, 0.15) is 16.9 Å². The van der Waals surface area contributed by atoms with Crippen LogP contribution >= 0.6 is 23.2 Å². The van der Waals surface area contributed by atoms with Gasteiger partial charge in [-0.25, -0.2) is 4.39 Å². The second-order valence-electron chi connectivity index (χ2n) is 5.83. The Labute approximate surface area is 159 Å². The van der Waals surface area contributed by atoms with Crippen LogP contribution in [-0.2, 0) is 11.3 Å². The van der Waals surface area contributed by atoms with E-state index in [1.54, 1.807) is 23.9 Å². The molecule has 9 heteroatoms. The number of aryl methyl sites for hydroxylation is 1. The van der Waals surface area contributed by atoms with Crippen molar-refractivity contribution in [2.75, 3.05) is 5.32 Å². The van der Waals surface area contributed by atoms with Crippen LogP contribution < -0.4 is 5.32 Å². The second-order valence-corrected chi connectivity index (χ2v) is 6.64. The Morgan fingerprint density at radius 1 is 1.27 bits per heavy atom. The number of anilines is 1. The first kappa shape index (κ1) is 18.4. The molecule has 0 radical (unpaired) electrons. The molecule has 26 heavy (non-hydrogen) atoms. The van der Waals surface area contributed by atoms with E-state index in [4.69, 9.17) is 23.2 Å². The van der Waals surface area contributed by atoms with E-state index in [2.05, 4.69) is 15.5 Å². The molecule has 1 N–H and O–H groups in total. The lowest BCUT2D eigenvalue weighted by Gasteiger charge is -2.11. The van der Waals surface area contributed by atoms with Crippen LogP contribution in [0.4, 0.5) is 10.2 Å². The van der Waals surface area contributed by atoms with E-state index in [9.17, 15) is 9.18 Å². The molecule has 0 fully saturated rings. The summed E-state index contributed by atoms with van der Waals surface area (Å²) in [5.41, 5.74) is 1.11. The normalized spacial score (nSPS) is 12.2. The standard InChI is InChI=1S/C17H16Cl2FN5O/c1-10-6-7-25(22-10)11(2)17(26)21-16-14(19)9-24(23-16)8-12-13(18)4-3-5-15(12)20/h3-7,9,11H,8H2,1-2H3,(H,21,23,26). The Hall–Kier alpha value is -2.38. The third kappa shape index (κ3) is 3.89. The molecular formula is C17H16Cl2FN5O. The van der Waals surface area contributed by atoms with Crippen molar-refractivity contribution in [3.8, 4) is 0 Å². The van der Waals surface area contributed by atoms with Crippen LogP contribution in [0.15, 0.2) is 36.7 Å². The van der Waals surface area contributed by atoms with Gasteiger partial charge in [0, 0.05) is 23.0 Å². The molecule has 0 aliphatic rings. The summed E-state index contributed by atoms with van der Waals surface area (Å²) in [7, 11) is 0. The number of hydrogen-bond acceptors (Lipinski definition) is 3. The summed E-state index contributed by atoms with van der Waals surface area (Å²) >= 11 is 12.2. The lowest BCUT2D eigenvalue weighted by atomic mass is 10.2. The predicted octanol–water partition coefficient (Wildman–Crippen LogP) is 4.08. The van der Waals surface area contributed by atoms with Crippen molar-refractivity contribution in [1.82, 2.24) is 19.6 Å². The number of rotatable bonds is 5. The minimum Gasteiger partial charge on any atom is -0.306 e. The highest BCUT2D eigenvalue weighted by Gasteiger charge is 2.19. The van der Waals surface area contributed by atoms with Gasteiger partial charge in [0.15, 0.2) is 5.82 Å². The number of benzene rings is 1. The fraction of sp³-hybridized carbons (Fsp3) is 0.235. The zero-order valence-corrected chi connectivity index (χ0v) is 15.6. The van der Waals surface area contributed by atoms with Gasteiger partial charge in [-0.1, -0.05) is 29.3 Å². The number of nitrogens with zero attached hydrogens (tertiary/aromatic N) is 4. The number of carbonyl (C=O) groups excluding carboxylic acids is 1. The van der Waals surface area contributed by atoms with Crippen molar-refractivity contribution < 1.29 is 9.18 Å². The number of carbonyl (C=O) groups is 1. The third-order valence-electron chi connectivity index (χ3n) is 3.86. The first-order valence-electron chi connectivity index (χ1n) is 7.83. The SMILES string of the molecule is Cc1ccn(C(C)C(=O)Nc2nn(Cc3c(F)cccc3Cl)cc2Cl)n1. The van der Waals surface area contributed by atoms with Crippen LogP contribution in [0.25, 0.3) is 0 Å². The first-order valence-corrected chi connectivity index (χ1v) is 8.59. The van der Waals surface area contributed by atoms with Gasteiger partial charge in [0.05, 0.1) is 12.2 Å². The summed E-state index contributed by atoms with van der Waals surface area (Å²) < 4.78 is 16.9. The van der Waals surface area contributed by atoms with E-state index in [0.29, 0.717) is 10.6 Å². The minimum atomic E-state index is -0.536. The molecule has 6 nitrogen and oxygen atoms in total. The minimum absolute atomic E-state index is 0.0923. The molecular weight excluding hydrogens is 380 g/mol. The smallest absolute Gasteiger partial charge is 0.250 e. The molecule has 0 saturated carbocycles. The molecule has 2 heterocycles. The molecule has 2 aromatic heterocycles. The van der Waals surface area contributed by atoms with Gasteiger partial charge in [-0.2, -0.15) is 10.2 Å². The quantitative estimate of drug-likeness (QED) is 0.707. The molecule has 1 atom stereocenters. The van der Waals surface area contributed by atoms with E-state index >= 15 is 0 Å². The van der Waals surface area contributed by atoms with Crippen molar-refractivity contribution >= 4 is 34.9 Å². The summed E-state index contributed by atoms with van der Waals surface area (Å²) in [6.07, 6.45) is 3.22. The predicted molar refractivity (Wildman–Crippen MR) is 98.1 cm³/mol. The van der Waals surface area contributed by atoms with Gasteiger partial charge in [0.25, 0.3) is 0 Å². The maximum absolute atomic E-state index is 13.9. The summed E-state index contributed by atoms with van der Waals surface area (Å²) in [6, 6.07) is 5.72. The fourth-order valence-electron chi connectivity index (χ4n) is 2.40. The molecule has 136 valence electrons. The number of amides is 1. The van der Waals surface area contributed by atoms with E-state index in [1.807, 2.05) is 13.0 Å². The molecule has 1 amide bonds. The summed E-state index contributed by atoms with van der Waals surface area (Å²) in [5, 5.41) is 11.6. The van der Waals surface area contributed by atoms with Crippen molar-refractivity contribution in [3.05, 3.63) is 63.8 Å². The van der Waals surface area contributed by atoms with Gasteiger partial charge in [-0.3, -0.25) is 14.2 Å². The average Bonchev–Trinajstić information content (AvgIpc) is 3.16. The van der Waals surface area contributed by atoms with Crippen molar-refractivity contribution in [1.29, 1.82) is 0 Å². The van der Waals surface area contributed by atoms with Gasteiger partial charge >= 0.3 is 0 Å². The molecule has 3 rings (SSSR count). The Bertz CT molecular complexity index is 932. The fourth-order valence-corrected chi connectivity index (χ4v) is 2.82. The van der Waals surface area contributed by atoms with E-state index in [0.717, 1.165) is 5.69 Å². The van der Waals surface area contributed by atoms with Crippen LogP contribution in [0.1, 0.15) is 24.2 Å². The molecule has 1 unspecified atom stereocenters. The Morgan fingerprint density at radius 3 is 2.69 bits per heavy atom. The van der Waals surface area contributed by atoms with E-state index in [-0.39, 0.29) is 23.3 Å². The van der Waals surface area contributed by atoms with Crippen LogP contribution in [0.5, 0.6) is 0 Å². The van der Waals surface area contributed by atoms with E-state index in [1.165, 1.54) is 23.0 Å². The average molecular weight is 396 g/mol. The second kappa shape index (κ2) is 7.47. The highest BCUT2D eigenvalue weighted by molar-refractivity contribution is 6.33. The van der Waals surface area contributed by atoms with Gasteiger partial charge < -0.3 is 5.32 Å². The molecule has 0 aliphatic carbocycles. The molecule has 0 saturated heterocycles. The van der Waals surface area contributed by atoms with Crippen molar-refractivity contribution in [3.63, 3.8) is 0 Å². The van der Waals surface area contributed by atoms with E-state index < -0.39 is 11.9 Å². The van der Waals surface area contributed by atoms with Crippen LogP contribution in [-0.4, -0.2) is 25.5 Å². The van der Waals surface area contributed by atoms with Gasteiger partial charge in [0.2, 0.25) is 5.91 Å². The van der Waals surface area contributed by atoms with Crippen molar-refractivity contribution in [2.45, 2.75) is 26.4 Å². The largest absolute Gasteiger partial charge is 0.306 e. The lowest BCUT2D eigenvalue weighted by Crippen LogP contribution is -2.24. The maximum Gasteiger partial charge on any atom is 0.250 e. The molecule has 0 bridgehead atoms. The van der Waals surface area contributed by atoms with Crippen LogP contribution in [0.2, 0.25) is 10.0 Å². The molecule has 1 aromatic carbocycles. The monoisotopic (exact) mass is 395 g/mol. The lowest BCUT2D eigenvalue weighted by molar-refractivity contribution is -0.119. The van der Waals surface area contributed by atoms with Gasteiger partial charge in [-0.05, 0) is 32.0 Å². The highest BCUT2D eigenvalue weighted by Crippen LogP contribution is 2.24.